The molecule has 0 aliphatic heterocycles. The minimum atomic E-state index is -4.72. The minimum absolute atomic E-state index is 0.00983. The summed E-state index contributed by atoms with van der Waals surface area (Å²) < 4.78 is 60.5. The topological polar surface area (TPSA) is 30.5 Å². The monoisotopic (exact) mass is 295 g/mol. The lowest BCUT2D eigenvalue weighted by atomic mass is 10.2. The summed E-state index contributed by atoms with van der Waals surface area (Å²) in [4.78, 5) is 0. The first kappa shape index (κ1) is 16.7. The number of halogens is 4. The van der Waals surface area contributed by atoms with Crippen LogP contribution in [-0.4, -0.2) is 33.4 Å². The first-order valence-corrected chi connectivity index (χ1v) is 6.14. The second-order valence-electron chi connectivity index (χ2n) is 4.08. The Kier molecular flexibility index (Phi) is 6.74. The number of benzene rings is 1. The van der Waals surface area contributed by atoms with Crippen molar-refractivity contribution in [3.8, 4) is 5.75 Å². The van der Waals surface area contributed by atoms with Crippen molar-refractivity contribution in [1.82, 2.24) is 5.32 Å². The van der Waals surface area contributed by atoms with E-state index < -0.39 is 17.6 Å². The molecule has 1 N–H and O–H groups in total. The SMILES string of the molecule is COCCNCCCOc1ccc(F)c(C(F)(F)F)c1. The molecule has 0 aliphatic rings. The van der Waals surface area contributed by atoms with Crippen LogP contribution in [0.1, 0.15) is 12.0 Å². The van der Waals surface area contributed by atoms with Crippen LogP contribution in [0.3, 0.4) is 0 Å². The number of alkyl halides is 3. The zero-order chi connectivity index (χ0) is 15.0. The van der Waals surface area contributed by atoms with Crippen LogP contribution in [0, 0.1) is 5.82 Å². The van der Waals surface area contributed by atoms with Gasteiger partial charge in [0.05, 0.1) is 18.8 Å². The molecule has 0 saturated carbocycles. The van der Waals surface area contributed by atoms with Crippen LogP contribution in [0.2, 0.25) is 0 Å². The maximum absolute atomic E-state index is 13.0. The van der Waals surface area contributed by atoms with Gasteiger partial charge in [0.25, 0.3) is 0 Å². The molecule has 1 rings (SSSR count). The molecule has 20 heavy (non-hydrogen) atoms. The second kappa shape index (κ2) is 8.06. The van der Waals surface area contributed by atoms with Crippen molar-refractivity contribution in [3.05, 3.63) is 29.6 Å². The van der Waals surface area contributed by atoms with E-state index >= 15 is 0 Å². The lowest BCUT2D eigenvalue weighted by molar-refractivity contribution is -0.140. The highest BCUT2D eigenvalue weighted by Gasteiger charge is 2.34. The van der Waals surface area contributed by atoms with E-state index in [-0.39, 0.29) is 12.4 Å². The van der Waals surface area contributed by atoms with E-state index in [1.54, 1.807) is 7.11 Å². The van der Waals surface area contributed by atoms with Crippen LogP contribution in [0.15, 0.2) is 18.2 Å². The zero-order valence-electron chi connectivity index (χ0n) is 11.1. The highest BCUT2D eigenvalue weighted by Crippen LogP contribution is 2.33. The Hall–Kier alpha value is -1.34. The Balaban J connectivity index is 2.38. The summed E-state index contributed by atoms with van der Waals surface area (Å²) in [6.07, 6.45) is -4.09. The predicted octanol–water partition coefficient (Wildman–Crippen LogP) is 2.85. The van der Waals surface area contributed by atoms with E-state index in [2.05, 4.69) is 5.32 Å². The third-order valence-electron chi connectivity index (χ3n) is 2.49. The maximum atomic E-state index is 13.0. The molecule has 0 atom stereocenters. The van der Waals surface area contributed by atoms with E-state index in [0.717, 1.165) is 6.07 Å². The molecule has 3 nitrogen and oxygen atoms in total. The van der Waals surface area contributed by atoms with Gasteiger partial charge in [0, 0.05) is 13.7 Å². The quantitative estimate of drug-likeness (QED) is 0.591. The lowest BCUT2D eigenvalue weighted by Gasteiger charge is -2.11. The Labute approximate surface area is 114 Å². The van der Waals surface area contributed by atoms with Crippen molar-refractivity contribution in [3.63, 3.8) is 0 Å². The molecule has 0 aromatic heterocycles. The molecule has 0 radical (unpaired) electrons. The summed E-state index contributed by atoms with van der Waals surface area (Å²) in [5, 5.41) is 3.07. The van der Waals surface area contributed by atoms with E-state index in [4.69, 9.17) is 9.47 Å². The third-order valence-corrected chi connectivity index (χ3v) is 2.49. The molecule has 0 fully saturated rings. The van der Waals surface area contributed by atoms with E-state index in [0.29, 0.717) is 32.2 Å². The van der Waals surface area contributed by atoms with Gasteiger partial charge in [0.1, 0.15) is 11.6 Å². The summed E-state index contributed by atoms with van der Waals surface area (Å²) >= 11 is 0. The average Bonchev–Trinajstić information content (AvgIpc) is 2.38. The van der Waals surface area contributed by atoms with Crippen LogP contribution in [0.4, 0.5) is 17.6 Å². The molecule has 0 aliphatic carbocycles. The molecule has 1 aromatic rings. The lowest BCUT2D eigenvalue weighted by Crippen LogP contribution is -2.21. The Morgan fingerprint density at radius 2 is 1.90 bits per heavy atom. The number of methoxy groups -OCH3 is 1. The second-order valence-corrected chi connectivity index (χ2v) is 4.08. The Morgan fingerprint density at radius 1 is 1.15 bits per heavy atom. The number of nitrogens with one attached hydrogen (secondary N) is 1. The summed E-state index contributed by atoms with van der Waals surface area (Å²) in [5.74, 6) is -1.29. The normalized spacial score (nSPS) is 11.7. The van der Waals surface area contributed by atoms with Crippen molar-refractivity contribution in [2.45, 2.75) is 12.6 Å². The fourth-order valence-electron chi connectivity index (χ4n) is 1.50. The fraction of sp³-hybridized carbons (Fsp3) is 0.538. The molecule has 0 saturated heterocycles. The smallest absolute Gasteiger partial charge is 0.419 e. The van der Waals surface area contributed by atoms with Crippen molar-refractivity contribution in [1.29, 1.82) is 0 Å². The molecule has 0 unspecified atom stereocenters. The molecule has 1 aromatic carbocycles. The Bertz CT molecular complexity index is 410. The minimum Gasteiger partial charge on any atom is -0.494 e. The Morgan fingerprint density at radius 3 is 2.55 bits per heavy atom. The van der Waals surface area contributed by atoms with Gasteiger partial charge in [-0.15, -0.1) is 0 Å². The first-order valence-electron chi connectivity index (χ1n) is 6.14. The van der Waals surface area contributed by atoms with Crippen LogP contribution >= 0.6 is 0 Å². The zero-order valence-corrected chi connectivity index (χ0v) is 11.1. The van der Waals surface area contributed by atoms with Crippen molar-refractivity contribution >= 4 is 0 Å². The number of ether oxygens (including phenoxy) is 2. The molecule has 7 heteroatoms. The highest BCUT2D eigenvalue weighted by molar-refractivity contribution is 5.31. The van der Waals surface area contributed by atoms with Gasteiger partial charge in [0.2, 0.25) is 0 Å². The van der Waals surface area contributed by atoms with Crippen LogP contribution in [0.25, 0.3) is 0 Å². The van der Waals surface area contributed by atoms with E-state index in [1.807, 2.05) is 0 Å². The van der Waals surface area contributed by atoms with Crippen LogP contribution in [0.5, 0.6) is 5.75 Å². The molecular weight excluding hydrogens is 278 g/mol. The number of hydrogen-bond donors (Lipinski definition) is 1. The summed E-state index contributed by atoms with van der Waals surface area (Å²) in [7, 11) is 1.59. The standard InChI is InChI=1S/C13H17F4NO2/c1-19-8-6-18-5-2-7-20-10-3-4-12(14)11(9-10)13(15,16)17/h3-4,9,18H,2,5-8H2,1H3. The van der Waals surface area contributed by atoms with Crippen LogP contribution in [-0.2, 0) is 10.9 Å². The predicted molar refractivity (Wildman–Crippen MR) is 66.3 cm³/mol. The van der Waals surface area contributed by atoms with Gasteiger partial charge in [-0.3, -0.25) is 0 Å². The summed E-state index contributed by atoms with van der Waals surface area (Å²) in [6, 6.07) is 2.62. The number of hydrogen-bond acceptors (Lipinski definition) is 3. The van der Waals surface area contributed by atoms with Gasteiger partial charge in [-0.1, -0.05) is 0 Å². The molecule has 0 bridgehead atoms. The molecule has 114 valence electrons. The van der Waals surface area contributed by atoms with Gasteiger partial charge in [-0.05, 0) is 31.2 Å². The van der Waals surface area contributed by atoms with E-state index in [9.17, 15) is 17.6 Å². The molecule has 0 spiro atoms. The molecule has 0 amide bonds. The van der Waals surface area contributed by atoms with Gasteiger partial charge in [-0.25, -0.2) is 4.39 Å². The fourth-order valence-corrected chi connectivity index (χ4v) is 1.50. The van der Waals surface area contributed by atoms with Gasteiger partial charge >= 0.3 is 6.18 Å². The van der Waals surface area contributed by atoms with Gasteiger partial charge < -0.3 is 14.8 Å². The van der Waals surface area contributed by atoms with Crippen molar-refractivity contribution in [2.24, 2.45) is 0 Å². The molecular formula is C13H17F4NO2. The van der Waals surface area contributed by atoms with Gasteiger partial charge in [0.15, 0.2) is 0 Å². The van der Waals surface area contributed by atoms with Crippen molar-refractivity contribution in [2.75, 3.05) is 33.4 Å². The third kappa shape index (κ3) is 5.75. The van der Waals surface area contributed by atoms with Crippen molar-refractivity contribution < 1.29 is 27.0 Å². The summed E-state index contributed by atoms with van der Waals surface area (Å²) in [5.41, 5.74) is -1.31. The molecule has 0 heterocycles. The largest absolute Gasteiger partial charge is 0.494 e. The van der Waals surface area contributed by atoms with Gasteiger partial charge in [-0.2, -0.15) is 13.2 Å². The average molecular weight is 295 g/mol. The van der Waals surface area contributed by atoms with Crippen LogP contribution < -0.4 is 10.1 Å². The maximum Gasteiger partial charge on any atom is 0.419 e. The summed E-state index contributed by atoms with van der Waals surface area (Å²) in [6.45, 7) is 2.21. The number of rotatable bonds is 8. The highest BCUT2D eigenvalue weighted by atomic mass is 19.4. The first-order chi connectivity index (χ1) is 9.45. The van der Waals surface area contributed by atoms with E-state index in [1.165, 1.54) is 6.07 Å².